The molecule has 6 heteroatoms. The van der Waals surface area contributed by atoms with Crippen LogP contribution in [0.15, 0.2) is 23.1 Å². The van der Waals surface area contributed by atoms with Gasteiger partial charge in [-0.25, -0.2) is 8.42 Å². The normalized spacial score (nSPS) is 17.9. The summed E-state index contributed by atoms with van der Waals surface area (Å²) in [6.45, 7) is 0. The standard InChI is InChI=1S/C13H17Cl2NO2S/c1-16(10-6-3-2-4-7-10)19(17,18)13-11(14)8-5-9-12(13)15/h5,8-10H,2-4,6-7H2,1H3. The minimum Gasteiger partial charge on any atom is -0.207 e. The largest absolute Gasteiger partial charge is 0.246 e. The molecule has 2 rings (SSSR count). The Bertz CT molecular complexity index is 534. The lowest BCUT2D eigenvalue weighted by Crippen LogP contribution is -2.38. The number of halogens is 2. The molecule has 0 aromatic heterocycles. The van der Waals surface area contributed by atoms with Gasteiger partial charge in [0.15, 0.2) is 0 Å². The van der Waals surface area contributed by atoms with E-state index >= 15 is 0 Å². The van der Waals surface area contributed by atoms with Crippen LogP contribution in [0.3, 0.4) is 0 Å². The van der Waals surface area contributed by atoms with Crippen molar-refractivity contribution in [3.05, 3.63) is 28.2 Å². The van der Waals surface area contributed by atoms with Crippen LogP contribution in [0.5, 0.6) is 0 Å². The van der Waals surface area contributed by atoms with E-state index in [4.69, 9.17) is 23.2 Å². The number of hydrogen-bond donors (Lipinski definition) is 0. The van der Waals surface area contributed by atoms with Gasteiger partial charge in [0.25, 0.3) is 0 Å². The van der Waals surface area contributed by atoms with E-state index in [1.807, 2.05) is 0 Å². The molecule has 0 amide bonds. The fourth-order valence-electron chi connectivity index (χ4n) is 2.51. The fourth-order valence-corrected chi connectivity index (χ4v) is 5.02. The van der Waals surface area contributed by atoms with E-state index in [9.17, 15) is 8.42 Å². The molecule has 0 atom stereocenters. The van der Waals surface area contributed by atoms with Crippen molar-refractivity contribution in [3.63, 3.8) is 0 Å². The molecule has 1 fully saturated rings. The lowest BCUT2D eigenvalue weighted by molar-refractivity contribution is 0.286. The molecule has 3 nitrogen and oxygen atoms in total. The SMILES string of the molecule is CN(C1CCCCC1)S(=O)(=O)c1c(Cl)cccc1Cl. The number of benzene rings is 1. The van der Waals surface area contributed by atoms with Crippen molar-refractivity contribution >= 4 is 33.2 Å². The molecule has 0 N–H and O–H groups in total. The zero-order chi connectivity index (χ0) is 14.0. The van der Waals surface area contributed by atoms with Gasteiger partial charge in [-0.3, -0.25) is 0 Å². The van der Waals surface area contributed by atoms with Crippen molar-refractivity contribution in [2.24, 2.45) is 0 Å². The number of nitrogens with zero attached hydrogens (tertiary/aromatic N) is 1. The molecule has 1 aromatic rings. The van der Waals surface area contributed by atoms with Crippen LogP contribution in [0, 0.1) is 0 Å². The molecule has 106 valence electrons. The fraction of sp³-hybridized carbons (Fsp3) is 0.538. The minimum atomic E-state index is -3.63. The van der Waals surface area contributed by atoms with Crippen molar-refractivity contribution in [1.82, 2.24) is 4.31 Å². The van der Waals surface area contributed by atoms with Crippen LogP contribution < -0.4 is 0 Å². The van der Waals surface area contributed by atoms with Crippen LogP contribution in [0.4, 0.5) is 0 Å². The van der Waals surface area contributed by atoms with Gasteiger partial charge < -0.3 is 0 Å². The third-order valence-electron chi connectivity index (χ3n) is 3.64. The summed E-state index contributed by atoms with van der Waals surface area (Å²) in [6.07, 6.45) is 5.12. The van der Waals surface area contributed by atoms with Crippen molar-refractivity contribution in [2.75, 3.05) is 7.05 Å². The number of rotatable bonds is 3. The smallest absolute Gasteiger partial charge is 0.207 e. The third-order valence-corrected chi connectivity index (χ3v) is 6.51. The molecular formula is C13H17Cl2NO2S. The van der Waals surface area contributed by atoms with Crippen LogP contribution in [0.2, 0.25) is 10.0 Å². The summed E-state index contributed by atoms with van der Waals surface area (Å²) >= 11 is 12.0. The monoisotopic (exact) mass is 321 g/mol. The number of sulfonamides is 1. The van der Waals surface area contributed by atoms with Crippen LogP contribution in [-0.2, 0) is 10.0 Å². The van der Waals surface area contributed by atoms with Gasteiger partial charge in [-0.15, -0.1) is 0 Å². The molecule has 19 heavy (non-hydrogen) atoms. The Hall–Kier alpha value is -0.290. The molecule has 0 saturated heterocycles. The third kappa shape index (κ3) is 3.07. The summed E-state index contributed by atoms with van der Waals surface area (Å²) in [5.41, 5.74) is 0. The average Bonchev–Trinajstić information content (AvgIpc) is 2.38. The van der Waals surface area contributed by atoms with Crippen molar-refractivity contribution < 1.29 is 8.42 Å². The summed E-state index contributed by atoms with van der Waals surface area (Å²) in [5, 5.41) is 0.352. The molecule has 0 radical (unpaired) electrons. The highest BCUT2D eigenvalue weighted by molar-refractivity contribution is 7.89. The van der Waals surface area contributed by atoms with E-state index < -0.39 is 10.0 Å². The second kappa shape index (κ2) is 6.00. The van der Waals surface area contributed by atoms with Gasteiger partial charge in [0.1, 0.15) is 4.90 Å². The average molecular weight is 322 g/mol. The molecule has 0 spiro atoms. The summed E-state index contributed by atoms with van der Waals surface area (Å²) in [4.78, 5) is 0.0198. The summed E-state index contributed by atoms with van der Waals surface area (Å²) in [7, 11) is -2.01. The Morgan fingerprint density at radius 2 is 1.63 bits per heavy atom. The second-order valence-electron chi connectivity index (χ2n) is 4.86. The summed E-state index contributed by atoms with van der Waals surface area (Å²) in [6, 6.07) is 4.79. The molecule has 1 aromatic carbocycles. The molecule has 0 unspecified atom stereocenters. The van der Waals surface area contributed by atoms with Gasteiger partial charge >= 0.3 is 0 Å². The lowest BCUT2D eigenvalue weighted by Gasteiger charge is -2.30. The second-order valence-corrected chi connectivity index (χ2v) is 7.61. The highest BCUT2D eigenvalue weighted by atomic mass is 35.5. The van der Waals surface area contributed by atoms with Gasteiger partial charge in [0, 0.05) is 13.1 Å². The zero-order valence-electron chi connectivity index (χ0n) is 10.8. The molecule has 1 aliphatic rings. The van der Waals surface area contributed by atoms with Crippen LogP contribution >= 0.6 is 23.2 Å². The first-order valence-electron chi connectivity index (χ1n) is 6.36. The molecule has 0 aliphatic heterocycles. The molecule has 0 bridgehead atoms. The first kappa shape index (κ1) is 15.1. The Kier molecular flexibility index (Phi) is 4.77. The van der Waals surface area contributed by atoms with E-state index in [0.717, 1.165) is 25.7 Å². The maximum Gasteiger partial charge on any atom is 0.246 e. The van der Waals surface area contributed by atoms with Gasteiger partial charge in [-0.2, -0.15) is 4.31 Å². The van der Waals surface area contributed by atoms with Gasteiger partial charge in [-0.05, 0) is 25.0 Å². The quantitative estimate of drug-likeness (QED) is 0.845. The van der Waals surface area contributed by atoms with Crippen LogP contribution in [0.25, 0.3) is 0 Å². The van der Waals surface area contributed by atoms with Gasteiger partial charge in [0.05, 0.1) is 10.0 Å². The van der Waals surface area contributed by atoms with E-state index in [1.54, 1.807) is 25.2 Å². The van der Waals surface area contributed by atoms with Crippen LogP contribution in [0.1, 0.15) is 32.1 Å². The number of hydrogen-bond acceptors (Lipinski definition) is 2. The minimum absolute atomic E-state index is 0.0198. The van der Waals surface area contributed by atoms with E-state index in [0.29, 0.717) is 0 Å². The van der Waals surface area contributed by atoms with Crippen LogP contribution in [-0.4, -0.2) is 25.8 Å². The maximum atomic E-state index is 12.6. The Balaban J connectivity index is 2.36. The van der Waals surface area contributed by atoms with Gasteiger partial charge in [-0.1, -0.05) is 48.5 Å². The van der Waals surface area contributed by atoms with Crippen molar-refractivity contribution in [3.8, 4) is 0 Å². The highest BCUT2D eigenvalue weighted by Crippen LogP contribution is 2.33. The molecule has 1 saturated carbocycles. The first-order chi connectivity index (χ1) is 8.94. The van der Waals surface area contributed by atoms with Crippen molar-refractivity contribution in [1.29, 1.82) is 0 Å². The summed E-state index contributed by atoms with van der Waals surface area (Å²) in [5.74, 6) is 0. The van der Waals surface area contributed by atoms with Crippen molar-refractivity contribution in [2.45, 2.75) is 43.0 Å². The van der Waals surface area contributed by atoms with E-state index in [-0.39, 0.29) is 21.0 Å². The van der Waals surface area contributed by atoms with E-state index in [2.05, 4.69) is 0 Å². The zero-order valence-corrected chi connectivity index (χ0v) is 13.1. The predicted molar refractivity (Wildman–Crippen MR) is 78.3 cm³/mol. The Morgan fingerprint density at radius 3 is 2.16 bits per heavy atom. The Morgan fingerprint density at radius 1 is 1.11 bits per heavy atom. The highest BCUT2D eigenvalue weighted by Gasteiger charge is 2.32. The van der Waals surface area contributed by atoms with E-state index in [1.165, 1.54) is 10.7 Å². The maximum absolute atomic E-state index is 12.6. The topological polar surface area (TPSA) is 37.4 Å². The molecular weight excluding hydrogens is 305 g/mol. The predicted octanol–water partition coefficient (Wildman–Crippen LogP) is 3.95. The first-order valence-corrected chi connectivity index (χ1v) is 8.56. The Labute approximate surface area is 124 Å². The molecule has 1 aliphatic carbocycles. The lowest BCUT2D eigenvalue weighted by atomic mass is 9.96. The molecule has 0 heterocycles. The summed E-state index contributed by atoms with van der Waals surface area (Å²) < 4.78 is 26.7. The van der Waals surface area contributed by atoms with Gasteiger partial charge in [0.2, 0.25) is 10.0 Å².